The van der Waals surface area contributed by atoms with E-state index in [4.69, 9.17) is 19.3 Å². The molecule has 13 heteroatoms. The first-order chi connectivity index (χ1) is 22.8. The SMILES string of the molecule is CCCCCCCCCCCCCC(=O)N[C@@H](CCCn1o[n+](=O)[nH]c1=N)C(=O)N[C@@H](CC(C)C)B1O[C@@H]2C[C@@H]3C[C@@H](C3(C)C)[C@]2(C)O1. The molecule has 1 aliphatic heterocycles. The van der Waals surface area contributed by atoms with Crippen molar-refractivity contribution < 1.29 is 28.2 Å². The van der Waals surface area contributed by atoms with E-state index in [-0.39, 0.29) is 57.7 Å². The lowest BCUT2D eigenvalue weighted by Crippen LogP contribution is -2.65. The molecule has 272 valence electrons. The van der Waals surface area contributed by atoms with E-state index >= 15 is 0 Å². The zero-order valence-corrected chi connectivity index (χ0v) is 30.6. The van der Waals surface area contributed by atoms with E-state index in [0.717, 1.165) is 36.8 Å². The van der Waals surface area contributed by atoms with Crippen LogP contribution in [-0.4, -0.2) is 52.5 Å². The Labute approximate surface area is 287 Å². The first-order valence-corrected chi connectivity index (χ1v) is 19.1. The number of H-pyrrole nitrogens is 1. The second-order valence-electron chi connectivity index (χ2n) is 16.0. The quantitative estimate of drug-likeness (QED) is 0.0930. The topological polar surface area (TPSA) is 157 Å². The highest BCUT2D eigenvalue weighted by Crippen LogP contribution is 2.65. The molecule has 4 aliphatic rings. The number of nitrogens with zero attached hydrogens (tertiary/aromatic N) is 2. The minimum atomic E-state index is -0.779. The molecule has 1 saturated heterocycles. The molecule has 3 aliphatic carbocycles. The van der Waals surface area contributed by atoms with Crippen molar-refractivity contribution in [3.8, 4) is 0 Å². The molecule has 4 N–H and O–H groups in total. The maximum Gasteiger partial charge on any atom is 0.481 e. The van der Waals surface area contributed by atoms with Crippen molar-refractivity contribution in [3.05, 3.63) is 10.5 Å². The summed E-state index contributed by atoms with van der Waals surface area (Å²) in [4.78, 5) is 38.4. The van der Waals surface area contributed by atoms with Crippen LogP contribution in [-0.2, 0) is 25.4 Å². The number of aromatic amines is 1. The first-order valence-electron chi connectivity index (χ1n) is 19.1. The number of amides is 2. The Morgan fingerprint density at radius 3 is 2.23 bits per heavy atom. The van der Waals surface area contributed by atoms with Crippen molar-refractivity contribution in [1.29, 1.82) is 5.41 Å². The van der Waals surface area contributed by atoms with Crippen LogP contribution in [0.4, 0.5) is 0 Å². The second kappa shape index (κ2) is 17.5. The molecule has 2 bridgehead atoms. The van der Waals surface area contributed by atoms with Crippen LogP contribution in [0.1, 0.15) is 151 Å². The fourth-order valence-corrected chi connectivity index (χ4v) is 8.47. The van der Waals surface area contributed by atoms with E-state index in [1.165, 1.54) is 51.4 Å². The van der Waals surface area contributed by atoms with Gasteiger partial charge < -0.3 is 19.9 Å². The number of nitrogens with one attached hydrogen (secondary N) is 4. The van der Waals surface area contributed by atoms with Gasteiger partial charge in [-0.15, -0.1) is 0 Å². The number of aryl methyl sites for hydroxylation is 1. The number of carbonyl (C=O) groups is 2. The maximum atomic E-state index is 13.9. The van der Waals surface area contributed by atoms with E-state index in [2.05, 4.69) is 57.3 Å². The average molecular weight is 676 g/mol. The van der Waals surface area contributed by atoms with Crippen molar-refractivity contribution in [3.63, 3.8) is 0 Å². The Morgan fingerprint density at radius 2 is 1.65 bits per heavy atom. The Hall–Kier alpha value is -2.41. The third-order valence-electron chi connectivity index (χ3n) is 11.5. The highest BCUT2D eigenvalue weighted by atomic mass is 16.7. The predicted octanol–water partition coefficient (Wildman–Crippen LogP) is 5.57. The van der Waals surface area contributed by atoms with Crippen LogP contribution in [0, 0.1) is 33.5 Å². The second-order valence-corrected chi connectivity index (χ2v) is 16.0. The average Bonchev–Trinajstić information content (AvgIpc) is 3.55. The smallest absolute Gasteiger partial charge is 0.404 e. The summed E-state index contributed by atoms with van der Waals surface area (Å²) in [5.41, 5.74) is -0.332. The van der Waals surface area contributed by atoms with Gasteiger partial charge in [-0.3, -0.25) is 9.59 Å². The van der Waals surface area contributed by atoms with Gasteiger partial charge in [-0.25, -0.2) is 5.41 Å². The molecule has 48 heavy (non-hydrogen) atoms. The fraction of sp³-hybridized carbons (Fsp3) is 0.914. The number of hydrogen-bond donors (Lipinski definition) is 4. The summed E-state index contributed by atoms with van der Waals surface area (Å²) in [6.45, 7) is 13.5. The summed E-state index contributed by atoms with van der Waals surface area (Å²) in [5.74, 6) is 0.565. The van der Waals surface area contributed by atoms with Gasteiger partial charge in [0, 0.05) is 11.3 Å². The molecule has 2 heterocycles. The van der Waals surface area contributed by atoms with Gasteiger partial charge in [-0.2, -0.15) is 0 Å². The molecule has 0 spiro atoms. The van der Waals surface area contributed by atoms with Crippen molar-refractivity contribution in [2.75, 3.05) is 0 Å². The summed E-state index contributed by atoms with van der Waals surface area (Å²) in [7, 11) is -0.554. The predicted molar refractivity (Wildman–Crippen MR) is 184 cm³/mol. The van der Waals surface area contributed by atoms with Crippen LogP contribution in [0.25, 0.3) is 0 Å². The van der Waals surface area contributed by atoms with Crippen molar-refractivity contribution in [2.24, 2.45) is 23.2 Å². The minimum absolute atomic E-state index is 0.0112. The van der Waals surface area contributed by atoms with Gasteiger partial charge in [-0.05, 0) is 73.4 Å². The van der Waals surface area contributed by atoms with Crippen LogP contribution in [0.5, 0.6) is 0 Å². The number of rotatable bonds is 22. The van der Waals surface area contributed by atoms with Crippen LogP contribution in [0.3, 0.4) is 0 Å². The van der Waals surface area contributed by atoms with E-state index in [1.54, 1.807) is 0 Å². The van der Waals surface area contributed by atoms with Crippen LogP contribution in [0.15, 0.2) is 4.63 Å². The lowest BCUT2D eigenvalue weighted by atomic mass is 9.43. The van der Waals surface area contributed by atoms with Gasteiger partial charge in [0.1, 0.15) is 12.6 Å². The van der Waals surface area contributed by atoms with Crippen molar-refractivity contribution >= 4 is 18.9 Å². The molecule has 0 unspecified atom stereocenters. The Morgan fingerprint density at radius 1 is 1.00 bits per heavy atom. The number of carbonyl (C=O) groups excluding carboxylic acids is 2. The summed E-state index contributed by atoms with van der Waals surface area (Å²) < 4.78 is 19.5. The van der Waals surface area contributed by atoms with Gasteiger partial charge in [0.15, 0.2) is 0 Å². The Kier molecular flexibility index (Phi) is 14.0. The largest absolute Gasteiger partial charge is 0.481 e. The van der Waals surface area contributed by atoms with Gasteiger partial charge >= 0.3 is 12.7 Å². The Bertz CT molecular complexity index is 1290. The third-order valence-corrected chi connectivity index (χ3v) is 11.5. The van der Waals surface area contributed by atoms with Gasteiger partial charge in [-0.1, -0.05) is 109 Å². The molecule has 0 radical (unpaired) electrons. The summed E-state index contributed by atoms with van der Waals surface area (Å²) in [5, 5.41) is 16.3. The van der Waals surface area contributed by atoms with E-state index in [9.17, 15) is 14.5 Å². The standard InChI is InChI=1S/C35H63BN6O6/c1-7-8-9-10-11-12-13-14-15-16-17-20-31(43)38-27(19-18-21-41-33(37)40-42(45)48-41)32(44)39-30(22-25(2)3)36-46-29-24-26-23-28(34(26,4)5)35(29,6)47-36/h25-30H,7-24H2,1-6H3,(H3-,37,38,39,40,43,44,45)/p+1/t26-,27-,28-,29+,30-,35-/m0/s1. The summed E-state index contributed by atoms with van der Waals surface area (Å²) in [6.07, 6.45) is 17.2. The molecule has 12 nitrogen and oxygen atoms in total. The monoisotopic (exact) mass is 675 g/mol. The Balaban J connectivity index is 1.31. The highest BCUT2D eigenvalue weighted by molar-refractivity contribution is 6.48. The lowest BCUT2D eigenvalue weighted by Gasteiger charge is -2.64. The lowest BCUT2D eigenvalue weighted by molar-refractivity contribution is -0.766. The fourth-order valence-electron chi connectivity index (χ4n) is 8.47. The maximum absolute atomic E-state index is 13.9. The molecule has 3 saturated carbocycles. The van der Waals surface area contributed by atoms with Crippen LogP contribution in [0.2, 0.25) is 0 Å². The van der Waals surface area contributed by atoms with E-state index in [1.807, 2.05) is 0 Å². The van der Waals surface area contributed by atoms with Crippen molar-refractivity contribution in [1.82, 2.24) is 20.5 Å². The zero-order valence-electron chi connectivity index (χ0n) is 30.6. The number of unbranched alkanes of at least 4 members (excludes halogenated alkanes) is 10. The van der Waals surface area contributed by atoms with Crippen LogP contribution >= 0.6 is 0 Å². The minimum Gasteiger partial charge on any atom is -0.404 e. The summed E-state index contributed by atoms with van der Waals surface area (Å²) >= 11 is 0. The van der Waals surface area contributed by atoms with Gasteiger partial charge in [0.05, 0.1) is 17.6 Å². The molecule has 0 aromatic carbocycles. The first kappa shape index (κ1) is 38.4. The number of aromatic nitrogens is 3. The molecule has 1 aromatic rings. The van der Waals surface area contributed by atoms with E-state index in [0.29, 0.717) is 37.5 Å². The van der Waals surface area contributed by atoms with Gasteiger partial charge in [0.25, 0.3) is 4.71 Å². The molecule has 4 fully saturated rings. The molecular formula is C35H64BN6O6+. The molecule has 1 aromatic heterocycles. The normalized spacial score (nSPS) is 25.4. The van der Waals surface area contributed by atoms with Gasteiger partial charge in [0.2, 0.25) is 11.8 Å². The zero-order chi connectivity index (χ0) is 34.9. The molecule has 2 amide bonds. The highest BCUT2D eigenvalue weighted by Gasteiger charge is 2.68. The number of hydrogen-bond acceptors (Lipinski definition) is 7. The molecular weight excluding hydrogens is 611 g/mol. The molecule has 5 rings (SSSR count). The van der Waals surface area contributed by atoms with Crippen LogP contribution < -0.4 is 21.0 Å². The summed E-state index contributed by atoms with van der Waals surface area (Å²) in [6, 6.07) is -0.779. The molecule has 6 atom stereocenters. The third kappa shape index (κ3) is 9.85. The van der Waals surface area contributed by atoms with Crippen molar-refractivity contribution in [2.45, 2.75) is 181 Å². The van der Waals surface area contributed by atoms with E-state index < -0.39 is 13.2 Å².